The van der Waals surface area contributed by atoms with Gasteiger partial charge in [-0.25, -0.2) is 0 Å². The van der Waals surface area contributed by atoms with Gasteiger partial charge in [0.2, 0.25) is 0 Å². The lowest BCUT2D eigenvalue weighted by Crippen LogP contribution is -1.25. The van der Waals surface area contributed by atoms with Gasteiger partial charge in [0.25, 0.3) is 0 Å². The van der Waals surface area contributed by atoms with Crippen LogP contribution in [0.2, 0.25) is 0 Å². The van der Waals surface area contributed by atoms with Crippen molar-refractivity contribution in [1.82, 2.24) is 0 Å². The van der Waals surface area contributed by atoms with Gasteiger partial charge in [-0.15, -0.1) is 0 Å². The smallest absolute Gasteiger partial charge is 0.0719 e. The van der Waals surface area contributed by atoms with E-state index in [-0.39, 0.29) is 0 Å². The Bertz CT molecular complexity index is 18.9. The zero-order chi connectivity index (χ0) is 4.71. The van der Waals surface area contributed by atoms with E-state index in [4.69, 9.17) is 15.0 Å². The van der Waals surface area contributed by atoms with Gasteiger partial charge >= 0.3 is 0 Å². The van der Waals surface area contributed by atoms with Gasteiger partial charge in [0.1, 0.15) is 0 Å². The van der Waals surface area contributed by atoms with Crippen molar-refractivity contribution in [3.05, 3.63) is 22.8 Å². The minimum Gasteiger partial charge on any atom is -0.516 e. The predicted octanol–water partition coefficient (Wildman–Crippen LogP) is 0.755. The summed E-state index contributed by atoms with van der Waals surface area (Å²) in [5.74, 6) is 0. The highest BCUT2D eigenvalue weighted by Crippen LogP contribution is 1.26. The quantitative estimate of drug-likeness (QED) is 0.433. The van der Waals surface area contributed by atoms with Crippen LogP contribution in [0.15, 0.2) is 12.8 Å². The van der Waals surface area contributed by atoms with E-state index in [1.165, 1.54) is 0 Å². The van der Waals surface area contributed by atoms with E-state index in [1.54, 1.807) is 0 Å². The first-order valence-corrected chi connectivity index (χ1v) is 0.833. The maximum absolute atomic E-state index is 7.33. The molecule has 3 heteroatoms. The van der Waals surface area contributed by atoms with E-state index in [0.717, 1.165) is 6.26 Å². The monoisotopic (exact) mass is 76.0 g/mol. The fraction of sp³-hybridized carbons (Fsp3) is 0. The molecule has 0 bridgehead atoms. The van der Waals surface area contributed by atoms with Crippen molar-refractivity contribution in [1.29, 1.82) is 0 Å². The molecule has 0 aliphatic carbocycles. The molecule has 0 radical (unpaired) electrons. The maximum atomic E-state index is 7.33. The molecule has 0 fully saturated rings. The second kappa shape index (κ2) is 734. The Morgan fingerprint density at radius 3 is 1.60 bits per heavy atom. The summed E-state index contributed by atoms with van der Waals surface area (Å²) in [7, 11) is 0. The molecule has 0 atom stereocenters. The van der Waals surface area contributed by atoms with E-state index in [0.29, 0.717) is 0 Å². The summed E-state index contributed by atoms with van der Waals surface area (Å²) in [6.45, 7) is 2.92. The number of aliphatic hydroxyl groups excluding tert-OH is 1. The van der Waals surface area contributed by atoms with Crippen molar-refractivity contribution in [2.45, 2.75) is 0 Å². The molecule has 0 aromatic rings. The Hall–Kier alpha value is -0.860. The van der Waals surface area contributed by atoms with Crippen LogP contribution in [0.1, 0.15) is 0 Å². The summed E-state index contributed by atoms with van der Waals surface area (Å²) in [5.41, 5.74) is 0. The molecule has 0 saturated heterocycles. The van der Waals surface area contributed by atoms with Gasteiger partial charge in [0, 0.05) is 9.93 Å². The van der Waals surface area contributed by atoms with Crippen LogP contribution in [0.4, 0.5) is 0 Å². The fourth-order valence-electron chi connectivity index (χ4n) is 0. The molecular formula is C2H4O3. The molecule has 0 aliphatic heterocycles. The average molecular weight is 76.1 g/mol. The van der Waals surface area contributed by atoms with E-state index < -0.39 is 0 Å². The molecule has 0 amide bonds. The lowest BCUT2D eigenvalue weighted by Gasteiger charge is -1.41. The van der Waals surface area contributed by atoms with Gasteiger partial charge in [0.15, 0.2) is 0 Å². The molecule has 3 nitrogen and oxygen atoms in total. The third-order valence-corrected chi connectivity index (χ3v) is 0. The van der Waals surface area contributed by atoms with Gasteiger partial charge in [-0.05, 0) is 0 Å². The van der Waals surface area contributed by atoms with Crippen molar-refractivity contribution in [3.8, 4) is 0 Å². The number of rotatable bonds is 0. The highest BCUT2D eigenvalue weighted by Gasteiger charge is 1.11. The highest BCUT2D eigenvalue weighted by atomic mass is 16.7. The van der Waals surface area contributed by atoms with Gasteiger partial charge in [0.05, 0.1) is 6.26 Å². The summed E-state index contributed by atoms with van der Waals surface area (Å²) in [4.78, 5) is 14.0. The van der Waals surface area contributed by atoms with Crippen molar-refractivity contribution < 1.29 is 5.11 Å². The van der Waals surface area contributed by atoms with Gasteiger partial charge in [-0.1, -0.05) is 6.58 Å². The van der Waals surface area contributed by atoms with Crippen LogP contribution in [0.25, 0.3) is 0 Å². The van der Waals surface area contributed by atoms with E-state index in [9.17, 15) is 0 Å². The third kappa shape index (κ3) is 5.52. The third-order valence-electron chi connectivity index (χ3n) is 0. The lowest BCUT2D eigenvalue weighted by molar-refractivity contribution is 0.476. The largest absolute Gasteiger partial charge is 0.516 e. The van der Waals surface area contributed by atoms with E-state index >= 15 is 0 Å². The predicted molar refractivity (Wildman–Crippen MR) is 19.6 cm³/mol. The Morgan fingerprint density at radius 1 is 1.60 bits per heavy atom. The SMILES string of the molecule is C=CO.O=O. The minimum absolute atomic E-state index is 0.750. The minimum atomic E-state index is 0.750. The molecular weight excluding hydrogens is 72.0 g/mol. The topological polar surface area (TPSA) is 54.4 Å². The zero-order valence-corrected chi connectivity index (χ0v) is 2.55. The Kier molecular flexibility index (Phi) is 1310. The highest BCUT2D eigenvalue weighted by molar-refractivity contribution is 4.38. The Morgan fingerprint density at radius 2 is 1.60 bits per heavy atom. The number of aliphatic hydroxyl groups is 1. The van der Waals surface area contributed by atoms with Crippen LogP contribution in [-0.4, -0.2) is 5.11 Å². The summed E-state index contributed by atoms with van der Waals surface area (Å²) in [6.07, 6.45) is 0.750. The molecule has 0 heterocycles. The zero-order valence-electron chi connectivity index (χ0n) is 2.55. The molecule has 0 rings (SSSR count). The van der Waals surface area contributed by atoms with E-state index in [2.05, 4.69) is 6.58 Å². The standard InChI is InChI=1S/C2H4O.O2/c1-2-3;1-2/h2-3H,1H2;. The Labute approximate surface area is 29.1 Å². The normalized spacial score (nSPS) is 3.20. The second-order valence-electron chi connectivity index (χ2n) is 0.183. The van der Waals surface area contributed by atoms with Crippen LogP contribution >= 0.6 is 0 Å². The van der Waals surface area contributed by atoms with Gasteiger partial charge < -0.3 is 5.11 Å². The molecule has 30 valence electrons. The molecule has 0 aromatic heterocycles. The first kappa shape index (κ1) is 8.91. The molecule has 0 spiro atoms. The van der Waals surface area contributed by atoms with Crippen LogP contribution < -0.4 is 0 Å². The first-order chi connectivity index (χ1) is 2.41. The maximum Gasteiger partial charge on any atom is 0.0719 e. The van der Waals surface area contributed by atoms with Gasteiger partial charge in [-0.3, -0.25) is 0 Å². The lowest BCUT2D eigenvalue weighted by atomic mass is 11.2. The van der Waals surface area contributed by atoms with Crippen molar-refractivity contribution in [2.75, 3.05) is 0 Å². The molecule has 0 aliphatic rings. The molecule has 1 N–H and O–H groups in total. The van der Waals surface area contributed by atoms with Crippen LogP contribution in [0.3, 0.4) is 0 Å². The van der Waals surface area contributed by atoms with Crippen LogP contribution in [0, 0.1) is 9.93 Å². The Balaban J connectivity index is 0. The first-order valence-electron chi connectivity index (χ1n) is 0.833. The average Bonchev–Trinajstić information content (AvgIpc) is 1.46. The van der Waals surface area contributed by atoms with Crippen molar-refractivity contribution in [2.24, 2.45) is 0 Å². The van der Waals surface area contributed by atoms with Crippen LogP contribution in [0.5, 0.6) is 0 Å². The summed E-state index contributed by atoms with van der Waals surface area (Å²) in [5, 5.41) is 7.33. The summed E-state index contributed by atoms with van der Waals surface area (Å²) < 4.78 is 0. The molecule has 0 aromatic carbocycles. The molecule has 0 saturated carbocycles. The van der Waals surface area contributed by atoms with Crippen LogP contribution in [-0.2, 0) is 0 Å². The molecule has 0 unspecified atom stereocenters. The number of hydrogen-bond acceptors (Lipinski definition) is 3. The van der Waals surface area contributed by atoms with Gasteiger partial charge in [-0.2, -0.15) is 0 Å². The second-order valence-corrected chi connectivity index (χ2v) is 0.183. The molecule has 5 heavy (non-hydrogen) atoms. The van der Waals surface area contributed by atoms with E-state index in [1.807, 2.05) is 0 Å². The van der Waals surface area contributed by atoms with Crippen molar-refractivity contribution in [3.63, 3.8) is 0 Å². The van der Waals surface area contributed by atoms with Crippen molar-refractivity contribution >= 4 is 0 Å². The summed E-state index contributed by atoms with van der Waals surface area (Å²) >= 11 is 0. The number of hydrogen-bond donors (Lipinski definition) is 1. The summed E-state index contributed by atoms with van der Waals surface area (Å²) in [6, 6.07) is 0. The fourth-order valence-corrected chi connectivity index (χ4v) is 0.